The Labute approximate surface area is 198 Å². The molecule has 9 heteroatoms. The predicted molar refractivity (Wildman–Crippen MR) is 128 cm³/mol. The second kappa shape index (κ2) is 11.1. The number of nitrogens with one attached hydrogen (secondary N) is 2. The number of hydrazone groups is 1. The molecule has 0 aromatic heterocycles. The van der Waals surface area contributed by atoms with Crippen molar-refractivity contribution in [3.05, 3.63) is 87.9 Å². The maximum absolute atomic E-state index is 12.6. The molecule has 0 unspecified atom stereocenters. The monoisotopic (exact) mass is 509 g/mol. The van der Waals surface area contributed by atoms with Gasteiger partial charge < -0.3 is 14.8 Å². The molecule has 2 amide bonds. The third-order valence-corrected chi connectivity index (χ3v) is 4.94. The summed E-state index contributed by atoms with van der Waals surface area (Å²) in [5.41, 5.74) is 4.19. The lowest BCUT2D eigenvalue weighted by Gasteiger charge is -2.09. The molecule has 0 spiro atoms. The van der Waals surface area contributed by atoms with E-state index in [-0.39, 0.29) is 5.75 Å². The van der Waals surface area contributed by atoms with Gasteiger partial charge in [-0.05, 0) is 48.9 Å². The summed E-state index contributed by atoms with van der Waals surface area (Å²) in [5, 5.41) is 6.27. The Balaban J connectivity index is 1.67. The van der Waals surface area contributed by atoms with E-state index in [4.69, 9.17) is 9.47 Å². The fourth-order valence-corrected chi connectivity index (χ4v) is 3.15. The van der Waals surface area contributed by atoms with E-state index in [2.05, 4.69) is 31.8 Å². The molecule has 3 rings (SSSR count). The summed E-state index contributed by atoms with van der Waals surface area (Å²) in [4.78, 5) is 36.7. The molecule has 0 radical (unpaired) electrons. The zero-order valence-corrected chi connectivity index (χ0v) is 19.4. The Morgan fingerprint density at radius 1 is 0.970 bits per heavy atom. The molecule has 0 atom stereocenters. The molecule has 0 bridgehead atoms. The first-order chi connectivity index (χ1) is 15.9. The van der Waals surface area contributed by atoms with E-state index in [0.717, 1.165) is 5.56 Å². The number of aryl methyl sites for hydroxylation is 1. The van der Waals surface area contributed by atoms with E-state index >= 15 is 0 Å². The Bertz CT molecular complexity index is 1230. The summed E-state index contributed by atoms with van der Waals surface area (Å²) in [7, 11) is 1.50. The normalized spacial score (nSPS) is 10.5. The van der Waals surface area contributed by atoms with Crippen LogP contribution in [0.5, 0.6) is 11.5 Å². The van der Waals surface area contributed by atoms with Crippen LogP contribution in [0.25, 0.3) is 0 Å². The van der Waals surface area contributed by atoms with Gasteiger partial charge in [-0.15, -0.1) is 0 Å². The molecule has 3 aromatic rings. The van der Waals surface area contributed by atoms with Crippen LogP contribution in [0.2, 0.25) is 0 Å². The van der Waals surface area contributed by atoms with E-state index < -0.39 is 17.8 Å². The number of ether oxygens (including phenoxy) is 2. The lowest BCUT2D eigenvalue weighted by atomic mass is 10.1. The van der Waals surface area contributed by atoms with Gasteiger partial charge in [0.2, 0.25) is 0 Å². The Kier molecular flexibility index (Phi) is 7.93. The van der Waals surface area contributed by atoms with E-state index in [1.807, 2.05) is 19.1 Å². The molecular weight excluding hydrogens is 490 g/mol. The number of rotatable bonds is 6. The summed E-state index contributed by atoms with van der Waals surface area (Å²) >= 11 is 3.35. The zero-order chi connectivity index (χ0) is 23.8. The molecule has 3 aromatic carbocycles. The van der Waals surface area contributed by atoms with Crippen molar-refractivity contribution in [3.8, 4) is 11.5 Å². The molecular formula is C24H20BrN3O5. The highest BCUT2D eigenvalue weighted by atomic mass is 79.9. The van der Waals surface area contributed by atoms with E-state index in [1.165, 1.54) is 13.3 Å². The largest absolute Gasteiger partial charge is 0.497 e. The second-order valence-electron chi connectivity index (χ2n) is 6.77. The van der Waals surface area contributed by atoms with Gasteiger partial charge in [0.05, 0.1) is 18.9 Å². The molecule has 168 valence electrons. The van der Waals surface area contributed by atoms with Crippen molar-refractivity contribution in [1.82, 2.24) is 5.43 Å². The average molecular weight is 510 g/mol. The Morgan fingerprint density at radius 2 is 1.76 bits per heavy atom. The molecule has 8 nitrogen and oxygen atoms in total. The topological polar surface area (TPSA) is 106 Å². The number of benzene rings is 3. The van der Waals surface area contributed by atoms with E-state index in [1.54, 1.807) is 54.6 Å². The number of esters is 1. The second-order valence-corrected chi connectivity index (χ2v) is 7.69. The first-order valence-electron chi connectivity index (χ1n) is 9.73. The molecule has 33 heavy (non-hydrogen) atoms. The summed E-state index contributed by atoms with van der Waals surface area (Å²) in [6.07, 6.45) is 1.28. The van der Waals surface area contributed by atoms with Crippen molar-refractivity contribution in [2.45, 2.75) is 6.92 Å². The van der Waals surface area contributed by atoms with Crippen molar-refractivity contribution < 1.29 is 23.9 Å². The number of anilines is 1. The smallest absolute Gasteiger partial charge is 0.343 e. The predicted octanol–water partition coefficient (Wildman–Crippen LogP) is 4.07. The fourth-order valence-electron chi connectivity index (χ4n) is 2.77. The third-order valence-electron chi connectivity index (χ3n) is 4.44. The molecule has 0 heterocycles. The number of methoxy groups -OCH3 is 1. The zero-order valence-electron chi connectivity index (χ0n) is 17.8. The highest BCUT2D eigenvalue weighted by Crippen LogP contribution is 2.23. The minimum atomic E-state index is -0.970. The molecule has 0 saturated heterocycles. The van der Waals surface area contributed by atoms with Crippen molar-refractivity contribution in [2.24, 2.45) is 5.10 Å². The highest BCUT2D eigenvalue weighted by Gasteiger charge is 2.15. The Hall–Kier alpha value is -3.98. The maximum Gasteiger partial charge on any atom is 0.343 e. The summed E-state index contributed by atoms with van der Waals surface area (Å²) in [6, 6.07) is 18.6. The van der Waals surface area contributed by atoms with Gasteiger partial charge in [0.15, 0.2) is 0 Å². The number of amides is 2. The number of nitrogens with zero attached hydrogens (tertiary/aromatic N) is 1. The van der Waals surface area contributed by atoms with Crippen LogP contribution in [-0.4, -0.2) is 31.1 Å². The third kappa shape index (κ3) is 6.50. The van der Waals surface area contributed by atoms with Crippen molar-refractivity contribution in [1.29, 1.82) is 0 Å². The minimum absolute atomic E-state index is 0.241. The summed E-state index contributed by atoms with van der Waals surface area (Å²) in [6.45, 7) is 1.81. The van der Waals surface area contributed by atoms with Crippen molar-refractivity contribution in [2.75, 3.05) is 12.4 Å². The first-order valence-corrected chi connectivity index (χ1v) is 10.5. The molecule has 2 N–H and O–H groups in total. The van der Waals surface area contributed by atoms with Gasteiger partial charge in [-0.2, -0.15) is 5.10 Å². The molecule has 0 aliphatic carbocycles. The number of hydrogen-bond donors (Lipinski definition) is 2. The van der Waals surface area contributed by atoms with Crippen LogP contribution in [0.1, 0.15) is 21.5 Å². The van der Waals surface area contributed by atoms with E-state index in [0.29, 0.717) is 27.0 Å². The number of carbonyl (C=O) groups is 3. The molecule has 0 saturated carbocycles. The van der Waals surface area contributed by atoms with Crippen LogP contribution >= 0.6 is 15.9 Å². The van der Waals surface area contributed by atoms with Gasteiger partial charge in [-0.3, -0.25) is 9.59 Å². The maximum atomic E-state index is 12.6. The highest BCUT2D eigenvalue weighted by molar-refractivity contribution is 9.10. The standard InChI is InChI=1S/C24H20BrN3O5/c1-15-6-3-4-9-20(15)24(31)33-21-11-10-17(25)12-16(21)14-26-28-23(30)22(29)27-18-7-5-8-19(13-18)32-2/h3-14H,1-2H3,(H,27,29)(H,28,30). The fraction of sp³-hybridized carbons (Fsp3) is 0.0833. The number of carbonyl (C=O) groups excluding carboxylic acids is 3. The van der Waals surface area contributed by atoms with Crippen LogP contribution in [-0.2, 0) is 9.59 Å². The summed E-state index contributed by atoms with van der Waals surface area (Å²) in [5.74, 6) is -1.62. The van der Waals surface area contributed by atoms with Crippen LogP contribution in [0.4, 0.5) is 5.69 Å². The first kappa shape index (κ1) is 23.7. The van der Waals surface area contributed by atoms with Gasteiger partial charge in [-0.25, -0.2) is 10.2 Å². The van der Waals surface area contributed by atoms with Crippen molar-refractivity contribution >= 4 is 45.6 Å². The number of halogens is 1. The van der Waals surface area contributed by atoms with Crippen LogP contribution < -0.4 is 20.2 Å². The minimum Gasteiger partial charge on any atom is -0.497 e. The summed E-state index contributed by atoms with van der Waals surface area (Å²) < 4.78 is 11.3. The number of hydrogen-bond acceptors (Lipinski definition) is 6. The SMILES string of the molecule is COc1cccc(NC(=O)C(=O)NN=Cc2cc(Br)ccc2OC(=O)c2ccccc2C)c1. The van der Waals surface area contributed by atoms with Crippen LogP contribution in [0.3, 0.4) is 0 Å². The molecule has 0 aliphatic rings. The quantitative estimate of drug-likeness (QED) is 0.171. The average Bonchev–Trinajstić information content (AvgIpc) is 2.81. The van der Waals surface area contributed by atoms with Gasteiger partial charge in [0, 0.05) is 21.8 Å². The van der Waals surface area contributed by atoms with Gasteiger partial charge in [0.1, 0.15) is 11.5 Å². The van der Waals surface area contributed by atoms with Gasteiger partial charge in [0.25, 0.3) is 0 Å². The molecule has 0 fully saturated rings. The Morgan fingerprint density at radius 3 is 2.52 bits per heavy atom. The van der Waals surface area contributed by atoms with Crippen LogP contribution in [0, 0.1) is 6.92 Å². The van der Waals surface area contributed by atoms with Gasteiger partial charge in [-0.1, -0.05) is 40.2 Å². The lowest BCUT2D eigenvalue weighted by molar-refractivity contribution is -0.136. The van der Waals surface area contributed by atoms with Gasteiger partial charge >= 0.3 is 17.8 Å². The lowest BCUT2D eigenvalue weighted by Crippen LogP contribution is -2.32. The van der Waals surface area contributed by atoms with Crippen LogP contribution in [0.15, 0.2) is 76.3 Å². The van der Waals surface area contributed by atoms with E-state index in [9.17, 15) is 14.4 Å². The van der Waals surface area contributed by atoms with Crippen molar-refractivity contribution in [3.63, 3.8) is 0 Å². The molecule has 0 aliphatic heterocycles.